The molecule has 2 bridgehead atoms. The molecule has 0 saturated carbocycles. The number of hydrogen-bond donors (Lipinski definition) is 2. The van der Waals surface area contributed by atoms with E-state index in [1.807, 2.05) is 0 Å². The third-order valence-corrected chi connectivity index (χ3v) is 12.7. The Bertz CT molecular complexity index is 1770. The van der Waals surface area contributed by atoms with Gasteiger partial charge in [-0.1, -0.05) is 5.11 Å². The van der Waals surface area contributed by atoms with Crippen LogP contribution >= 0.6 is 18.9 Å². The number of fused-ring (bicyclic) bond motifs is 4. The van der Waals surface area contributed by atoms with Gasteiger partial charge in [-0.2, -0.15) is 9.98 Å². The number of piperazine rings is 3. The summed E-state index contributed by atoms with van der Waals surface area (Å²) in [6.07, 6.45) is -0.0224. The van der Waals surface area contributed by atoms with Crippen molar-refractivity contribution in [2.45, 2.75) is 10.6 Å². The Hall–Kier alpha value is -3.25. The molecule has 3 aromatic rings. The van der Waals surface area contributed by atoms with Crippen molar-refractivity contribution in [3.8, 4) is 17.6 Å². The Kier molecular flexibility index (Phi) is 9.50. The van der Waals surface area contributed by atoms with Crippen LogP contribution < -0.4 is 14.0 Å². The third kappa shape index (κ3) is 7.51. The van der Waals surface area contributed by atoms with Gasteiger partial charge < -0.3 is 23.1 Å². The normalized spacial score (nSPS) is 22.6. The zero-order chi connectivity index (χ0) is 31.4. The van der Waals surface area contributed by atoms with Crippen LogP contribution in [0.25, 0.3) is 20.5 Å². The molecule has 3 aliphatic heterocycles. The fraction of sp³-hybridized carbons (Fsp3) is 0.444. The smallest absolute Gasteiger partial charge is 0.391 e. The first-order chi connectivity index (χ1) is 21.0. The summed E-state index contributed by atoms with van der Waals surface area (Å²) in [7, 11) is -8.69. The van der Waals surface area contributed by atoms with Crippen molar-refractivity contribution in [1.82, 2.24) is 4.72 Å². The van der Waals surface area contributed by atoms with Gasteiger partial charge in [0.15, 0.2) is 0 Å². The third-order valence-electron chi connectivity index (χ3n) is 8.43. The first-order valence-electron chi connectivity index (χ1n) is 14.0. The number of nitriles is 1. The largest absolute Gasteiger partial charge is 0.488 e. The van der Waals surface area contributed by atoms with E-state index < -0.39 is 29.7 Å². The summed E-state index contributed by atoms with van der Waals surface area (Å²) in [4.78, 5) is 13.0. The first kappa shape index (κ1) is 32.2. The van der Waals surface area contributed by atoms with Crippen LogP contribution in [0.3, 0.4) is 0 Å². The van der Waals surface area contributed by atoms with Gasteiger partial charge in [-0.3, -0.25) is 0 Å². The maximum absolute atomic E-state index is 13.8. The van der Waals surface area contributed by atoms with Gasteiger partial charge in [0.1, 0.15) is 86.3 Å². The molecule has 0 spiro atoms. The molecule has 44 heavy (non-hydrogen) atoms. The number of halogens is 1. The van der Waals surface area contributed by atoms with E-state index in [0.717, 1.165) is 97.3 Å². The fourth-order valence-corrected chi connectivity index (χ4v) is 9.71. The van der Waals surface area contributed by atoms with Crippen molar-refractivity contribution in [3.63, 3.8) is 0 Å². The van der Waals surface area contributed by atoms with Crippen LogP contribution in [0, 0.1) is 17.1 Å². The summed E-state index contributed by atoms with van der Waals surface area (Å²) in [6, 6.07) is 11.5. The molecule has 6 rings (SSSR count). The van der Waals surface area contributed by atoms with E-state index in [-0.39, 0.29) is 15.5 Å². The van der Waals surface area contributed by atoms with Crippen molar-refractivity contribution < 1.29 is 40.5 Å². The second-order valence-electron chi connectivity index (χ2n) is 11.2. The zero-order valence-corrected chi connectivity index (χ0v) is 26.4. The fourth-order valence-electron chi connectivity index (χ4n) is 5.79. The van der Waals surface area contributed by atoms with Gasteiger partial charge >= 0.3 is 7.60 Å². The summed E-state index contributed by atoms with van der Waals surface area (Å²) in [6.45, 7) is 9.67. The molecule has 1 unspecified atom stereocenters. The van der Waals surface area contributed by atoms with E-state index in [0.29, 0.717) is 29.0 Å². The van der Waals surface area contributed by atoms with Gasteiger partial charge in [0, 0.05) is 28.6 Å². The van der Waals surface area contributed by atoms with E-state index in [1.54, 1.807) is 24.3 Å². The summed E-state index contributed by atoms with van der Waals surface area (Å²) >= 11 is 1.01. The summed E-state index contributed by atoms with van der Waals surface area (Å²) in [5, 5.41) is 13.1. The standard InChI is InChI=1S/C27H32FN7O6PS2/c28-25-18-24(3-2-21(25)19-29)41-42(36,37)20-32-44(38,39)27-17-22-16-23(4-5-26(22)43-27)40-15-14-35-11-8-34(9-12-35,10-13-35)7-1-6-31-33-30/h2-5,16-18,32H,1,6-15,20H2/q+1/p+1. The number of sulfonamides is 1. The van der Waals surface area contributed by atoms with Crippen molar-refractivity contribution in [3.05, 3.63) is 64.3 Å². The van der Waals surface area contributed by atoms with Gasteiger partial charge in [-0.05, 0) is 47.3 Å². The Morgan fingerprint density at radius 1 is 1.09 bits per heavy atom. The highest BCUT2D eigenvalue weighted by molar-refractivity contribution is 7.92. The molecule has 3 saturated heterocycles. The Labute approximate surface area is 258 Å². The molecule has 2 aromatic carbocycles. The number of azide groups is 1. The molecule has 234 valence electrons. The Morgan fingerprint density at radius 3 is 2.43 bits per heavy atom. The lowest BCUT2D eigenvalue weighted by Crippen LogP contribution is -2.75. The number of hydrogen-bond acceptors (Lipinski definition) is 8. The van der Waals surface area contributed by atoms with Crippen LogP contribution in [0.5, 0.6) is 11.5 Å². The minimum absolute atomic E-state index is 0.0462. The van der Waals surface area contributed by atoms with E-state index >= 15 is 0 Å². The van der Waals surface area contributed by atoms with Crippen LogP contribution in [-0.2, 0) is 14.6 Å². The number of benzene rings is 2. The van der Waals surface area contributed by atoms with Crippen molar-refractivity contribution in [1.29, 1.82) is 5.26 Å². The molecule has 0 radical (unpaired) electrons. The highest BCUT2D eigenvalue weighted by Gasteiger charge is 2.48. The maximum Gasteiger partial charge on any atom is 0.391 e. The molecule has 4 heterocycles. The van der Waals surface area contributed by atoms with Crippen LogP contribution in [0.15, 0.2) is 51.8 Å². The van der Waals surface area contributed by atoms with Crippen LogP contribution in [0.1, 0.15) is 12.0 Å². The van der Waals surface area contributed by atoms with E-state index in [4.69, 9.17) is 20.1 Å². The van der Waals surface area contributed by atoms with Gasteiger partial charge in [0.2, 0.25) is 0 Å². The highest BCUT2D eigenvalue weighted by Crippen LogP contribution is 2.42. The van der Waals surface area contributed by atoms with E-state index in [2.05, 4.69) is 14.7 Å². The van der Waals surface area contributed by atoms with Crippen molar-refractivity contribution in [2.75, 3.05) is 71.8 Å². The van der Waals surface area contributed by atoms with Crippen LogP contribution in [-0.4, -0.2) is 94.1 Å². The Morgan fingerprint density at radius 2 is 1.77 bits per heavy atom. The average molecular weight is 666 g/mol. The second kappa shape index (κ2) is 13.0. The van der Waals surface area contributed by atoms with E-state index in [9.17, 15) is 22.3 Å². The predicted octanol–water partition coefficient (Wildman–Crippen LogP) is 4.15. The number of quaternary nitrogens is 2. The van der Waals surface area contributed by atoms with Gasteiger partial charge in [-0.15, -0.1) is 11.3 Å². The number of rotatable bonds is 14. The molecule has 0 amide bonds. The molecule has 3 fully saturated rings. The van der Waals surface area contributed by atoms with Gasteiger partial charge in [0.05, 0.1) is 12.1 Å². The van der Waals surface area contributed by atoms with Crippen molar-refractivity contribution >= 4 is 39.0 Å². The lowest BCUT2D eigenvalue weighted by molar-refractivity contribution is -1.08. The second-order valence-corrected chi connectivity index (χ2v) is 16.0. The number of nitrogens with zero attached hydrogens (tertiary/aromatic N) is 6. The van der Waals surface area contributed by atoms with Crippen LogP contribution in [0.4, 0.5) is 4.39 Å². The summed E-state index contributed by atoms with van der Waals surface area (Å²) < 4.78 is 68.0. The first-order valence-corrected chi connectivity index (χ1v) is 18.1. The maximum atomic E-state index is 13.8. The highest BCUT2D eigenvalue weighted by atomic mass is 32.2. The van der Waals surface area contributed by atoms with Gasteiger partial charge in [-0.25, -0.2) is 17.4 Å². The minimum atomic E-state index is -4.53. The van der Waals surface area contributed by atoms with E-state index in [1.165, 1.54) is 6.07 Å². The lowest BCUT2D eigenvalue weighted by atomic mass is 10.1. The summed E-state index contributed by atoms with van der Waals surface area (Å²) in [5.74, 6) is -0.606. The minimum Gasteiger partial charge on any atom is -0.488 e. The topological polar surface area (TPSA) is 174 Å². The van der Waals surface area contributed by atoms with Crippen molar-refractivity contribution in [2.24, 2.45) is 5.11 Å². The number of thiophene rings is 1. The lowest BCUT2D eigenvalue weighted by Gasteiger charge is -2.55. The molecule has 17 heteroatoms. The number of nitrogens with one attached hydrogen (secondary N) is 1. The molecule has 1 atom stereocenters. The molecule has 13 nitrogen and oxygen atoms in total. The molecule has 1 aromatic heterocycles. The number of ether oxygens (including phenoxy) is 1. The quantitative estimate of drug-likeness (QED) is 0.0649. The Balaban J connectivity index is 1.14. The summed E-state index contributed by atoms with van der Waals surface area (Å²) in [5.41, 5.74) is 8.23. The molecule has 3 aliphatic rings. The van der Waals surface area contributed by atoms with Gasteiger partial charge in [0.25, 0.3) is 10.0 Å². The monoisotopic (exact) mass is 665 g/mol. The molecule has 0 aliphatic carbocycles. The average Bonchev–Trinajstić information content (AvgIpc) is 3.44. The van der Waals surface area contributed by atoms with Crippen LogP contribution in [0.2, 0.25) is 0 Å². The zero-order valence-electron chi connectivity index (χ0n) is 23.8. The molecule has 2 N–H and O–H groups in total. The molecular weight excluding hydrogens is 632 g/mol. The SMILES string of the molecule is N#Cc1ccc(OP(=O)(O)CNS(=O)(=O)c2cc3cc(OCC[N+]45CC[N+](CCCN=[N+]=[N-])(CC4)CC5)ccc3s2)cc1F. The predicted molar refractivity (Wildman–Crippen MR) is 162 cm³/mol. The molecular formula is C27H33FN7O6PS2+2.